The topological polar surface area (TPSA) is 108 Å². The van der Waals surface area contributed by atoms with Gasteiger partial charge in [0, 0.05) is 69.9 Å². The number of nitrogens with one attached hydrogen (secondary N) is 1. The van der Waals surface area contributed by atoms with Crippen LogP contribution < -0.4 is 24.3 Å². The van der Waals surface area contributed by atoms with Crippen molar-refractivity contribution >= 4 is 12.0 Å². The molecule has 0 saturated carbocycles. The first-order valence-corrected chi connectivity index (χ1v) is 13.9. The highest BCUT2D eigenvalue weighted by atomic mass is 16.7. The van der Waals surface area contributed by atoms with Crippen molar-refractivity contribution in [3.05, 3.63) is 47.5 Å². The molecule has 11 heteroatoms. The Morgan fingerprint density at radius 2 is 1.90 bits per heavy atom. The summed E-state index contributed by atoms with van der Waals surface area (Å²) in [5.74, 6) is 2.20. The van der Waals surface area contributed by atoms with E-state index in [0.717, 1.165) is 12.0 Å². The third-order valence-electron chi connectivity index (χ3n) is 7.20. The number of fused-ring (bicyclic) bond motifs is 1. The lowest BCUT2D eigenvalue weighted by molar-refractivity contribution is 0.0402. The summed E-state index contributed by atoms with van der Waals surface area (Å²) in [4.78, 5) is 30.1. The predicted octanol–water partition coefficient (Wildman–Crippen LogP) is 3.55. The standard InChI is InChI=1S/C30H41N3O8/c1-20(2)33(29(34)21-10-11-24(37-5)26(14-21)38-13-7-12-36-4)18-23-15-31-16-27(23)41-30(35)32(3)17-22-8-6-9-25-28(22)40-19-39-25/h6,8-11,14,20,23,27,31H,7,12-13,15-19H2,1-5H3/t23-,27+/m0/s1. The van der Waals surface area contributed by atoms with Gasteiger partial charge in [0.05, 0.1) is 20.3 Å². The van der Waals surface area contributed by atoms with E-state index >= 15 is 0 Å². The van der Waals surface area contributed by atoms with Crippen molar-refractivity contribution in [3.63, 3.8) is 0 Å². The molecule has 11 nitrogen and oxygen atoms in total. The van der Waals surface area contributed by atoms with Crippen LogP contribution >= 0.6 is 0 Å². The Hall–Kier alpha value is -3.70. The van der Waals surface area contributed by atoms with Gasteiger partial charge in [0.15, 0.2) is 23.0 Å². The lowest BCUT2D eigenvalue weighted by Crippen LogP contribution is -2.44. The summed E-state index contributed by atoms with van der Waals surface area (Å²) in [5, 5.41) is 3.31. The maximum Gasteiger partial charge on any atom is 0.410 e. The molecule has 0 spiro atoms. The lowest BCUT2D eigenvalue weighted by Gasteiger charge is -2.32. The van der Waals surface area contributed by atoms with Crippen LogP contribution in [0.4, 0.5) is 4.79 Å². The van der Waals surface area contributed by atoms with Gasteiger partial charge in [0.1, 0.15) is 6.10 Å². The summed E-state index contributed by atoms with van der Waals surface area (Å²) in [6.07, 6.45) is -0.0981. The molecule has 0 aromatic heterocycles. The Labute approximate surface area is 241 Å². The number of hydrogen-bond donors (Lipinski definition) is 1. The molecule has 1 N–H and O–H groups in total. The molecule has 2 amide bonds. The molecule has 0 bridgehead atoms. The molecular weight excluding hydrogens is 530 g/mol. The van der Waals surface area contributed by atoms with E-state index in [1.165, 1.54) is 4.90 Å². The van der Waals surface area contributed by atoms with Crippen LogP contribution in [0.5, 0.6) is 23.0 Å². The molecule has 0 radical (unpaired) electrons. The number of rotatable bonds is 13. The summed E-state index contributed by atoms with van der Waals surface area (Å²) in [7, 11) is 4.90. The monoisotopic (exact) mass is 571 g/mol. The molecule has 2 atom stereocenters. The molecule has 2 aliphatic heterocycles. The molecule has 41 heavy (non-hydrogen) atoms. The van der Waals surface area contributed by atoms with E-state index in [1.54, 1.807) is 39.5 Å². The normalized spacial score (nSPS) is 17.4. The second kappa shape index (κ2) is 14.3. The average Bonchev–Trinajstić information content (AvgIpc) is 3.63. The molecule has 1 fully saturated rings. The number of carbonyl (C=O) groups excluding carboxylic acids is 2. The third-order valence-corrected chi connectivity index (χ3v) is 7.20. The SMILES string of the molecule is COCCCOc1cc(C(=O)N(C[C@@H]2CNC[C@H]2OC(=O)N(C)Cc2cccc3c2OCO3)C(C)C)ccc1OC. The Bertz CT molecular complexity index is 1190. The lowest BCUT2D eigenvalue weighted by atomic mass is 10.0. The average molecular weight is 572 g/mol. The highest BCUT2D eigenvalue weighted by Gasteiger charge is 2.35. The van der Waals surface area contributed by atoms with Crippen LogP contribution in [0.3, 0.4) is 0 Å². The van der Waals surface area contributed by atoms with E-state index in [0.29, 0.717) is 68.0 Å². The van der Waals surface area contributed by atoms with Crippen LogP contribution in [0.2, 0.25) is 0 Å². The fourth-order valence-electron chi connectivity index (χ4n) is 4.94. The Kier molecular flexibility index (Phi) is 10.5. The number of carbonyl (C=O) groups is 2. The van der Waals surface area contributed by atoms with E-state index in [-0.39, 0.29) is 30.8 Å². The van der Waals surface area contributed by atoms with Crippen LogP contribution in [0.15, 0.2) is 36.4 Å². The number of para-hydroxylation sites is 1. The summed E-state index contributed by atoms with van der Waals surface area (Å²) in [6, 6.07) is 10.7. The number of nitrogens with zero attached hydrogens (tertiary/aromatic N) is 2. The van der Waals surface area contributed by atoms with Gasteiger partial charge in [-0.1, -0.05) is 12.1 Å². The van der Waals surface area contributed by atoms with Crippen molar-refractivity contribution in [1.29, 1.82) is 0 Å². The largest absolute Gasteiger partial charge is 0.493 e. The van der Waals surface area contributed by atoms with Crippen LogP contribution in [-0.2, 0) is 16.0 Å². The minimum absolute atomic E-state index is 0.0700. The second-order valence-corrected chi connectivity index (χ2v) is 10.5. The molecule has 4 rings (SSSR count). The molecular formula is C30H41N3O8. The van der Waals surface area contributed by atoms with Crippen LogP contribution in [-0.4, -0.2) is 94.9 Å². The van der Waals surface area contributed by atoms with Crippen LogP contribution in [0.25, 0.3) is 0 Å². The summed E-state index contributed by atoms with van der Waals surface area (Å²) in [6.45, 7) is 7.04. The molecule has 2 heterocycles. The van der Waals surface area contributed by atoms with Crippen molar-refractivity contribution in [2.24, 2.45) is 5.92 Å². The Morgan fingerprint density at radius 1 is 1.07 bits per heavy atom. The second-order valence-electron chi connectivity index (χ2n) is 10.5. The smallest absolute Gasteiger partial charge is 0.410 e. The van der Waals surface area contributed by atoms with Gasteiger partial charge < -0.3 is 43.5 Å². The first kappa shape index (κ1) is 30.3. The van der Waals surface area contributed by atoms with E-state index in [1.807, 2.05) is 36.9 Å². The molecule has 2 aromatic carbocycles. The van der Waals surface area contributed by atoms with Crippen molar-refractivity contribution in [1.82, 2.24) is 15.1 Å². The van der Waals surface area contributed by atoms with Gasteiger partial charge in [-0.15, -0.1) is 0 Å². The molecule has 1 saturated heterocycles. The van der Waals surface area contributed by atoms with Gasteiger partial charge in [0.2, 0.25) is 6.79 Å². The first-order valence-electron chi connectivity index (χ1n) is 13.9. The van der Waals surface area contributed by atoms with Crippen molar-refractivity contribution in [2.75, 3.05) is 60.9 Å². The molecule has 0 aliphatic carbocycles. The predicted molar refractivity (Wildman–Crippen MR) is 152 cm³/mol. The van der Waals surface area contributed by atoms with Crippen LogP contribution in [0.1, 0.15) is 36.2 Å². The molecule has 2 aromatic rings. The fraction of sp³-hybridized carbons (Fsp3) is 0.533. The van der Waals surface area contributed by atoms with Gasteiger partial charge in [-0.3, -0.25) is 4.79 Å². The van der Waals surface area contributed by atoms with Gasteiger partial charge in [-0.2, -0.15) is 0 Å². The number of methoxy groups -OCH3 is 2. The van der Waals surface area contributed by atoms with Crippen LogP contribution in [0, 0.1) is 5.92 Å². The highest BCUT2D eigenvalue weighted by molar-refractivity contribution is 5.95. The molecule has 224 valence electrons. The minimum Gasteiger partial charge on any atom is -0.493 e. The maximum absolute atomic E-state index is 13.7. The first-order chi connectivity index (χ1) is 19.8. The summed E-state index contributed by atoms with van der Waals surface area (Å²) in [5.41, 5.74) is 1.35. The molecule has 2 aliphatic rings. The van der Waals surface area contributed by atoms with Gasteiger partial charge >= 0.3 is 6.09 Å². The zero-order chi connectivity index (χ0) is 29.4. The fourth-order valence-corrected chi connectivity index (χ4v) is 4.94. The third kappa shape index (κ3) is 7.53. The van der Waals surface area contributed by atoms with E-state index < -0.39 is 6.09 Å². The number of benzene rings is 2. The Balaban J connectivity index is 1.39. The van der Waals surface area contributed by atoms with E-state index in [4.69, 9.17) is 28.4 Å². The van der Waals surface area contributed by atoms with Crippen molar-refractivity contribution < 1.29 is 38.0 Å². The van der Waals surface area contributed by atoms with Gasteiger partial charge in [0.25, 0.3) is 5.91 Å². The minimum atomic E-state index is -0.437. The zero-order valence-corrected chi connectivity index (χ0v) is 24.5. The van der Waals surface area contributed by atoms with E-state index in [9.17, 15) is 9.59 Å². The molecule has 0 unspecified atom stereocenters. The Morgan fingerprint density at radius 3 is 2.66 bits per heavy atom. The van der Waals surface area contributed by atoms with Gasteiger partial charge in [-0.05, 0) is 38.1 Å². The highest BCUT2D eigenvalue weighted by Crippen LogP contribution is 2.36. The quantitative estimate of drug-likeness (QED) is 0.361. The maximum atomic E-state index is 13.7. The number of ether oxygens (including phenoxy) is 6. The van der Waals surface area contributed by atoms with Crippen molar-refractivity contribution in [3.8, 4) is 23.0 Å². The number of amides is 2. The summed E-state index contributed by atoms with van der Waals surface area (Å²) < 4.78 is 33.3. The van der Waals surface area contributed by atoms with Crippen molar-refractivity contribution in [2.45, 2.75) is 39.0 Å². The zero-order valence-electron chi connectivity index (χ0n) is 24.5. The van der Waals surface area contributed by atoms with E-state index in [2.05, 4.69) is 5.32 Å². The van der Waals surface area contributed by atoms with Gasteiger partial charge in [-0.25, -0.2) is 4.79 Å². The number of hydrogen-bond acceptors (Lipinski definition) is 9. The summed E-state index contributed by atoms with van der Waals surface area (Å²) >= 11 is 0.